The minimum atomic E-state index is -0.932. The van der Waals surface area contributed by atoms with Crippen molar-refractivity contribution < 1.29 is 24.2 Å². The maximum Gasteiger partial charge on any atom is 0.307 e. The minimum Gasteiger partial charge on any atom is -0.493 e. The number of methoxy groups -OCH3 is 2. The van der Waals surface area contributed by atoms with Crippen LogP contribution in [0.15, 0.2) is 30.4 Å². The molecule has 5 nitrogen and oxygen atoms in total. The summed E-state index contributed by atoms with van der Waals surface area (Å²) in [5.41, 5.74) is 0.444. The first-order valence-corrected chi connectivity index (χ1v) is 6.72. The lowest BCUT2D eigenvalue weighted by Crippen LogP contribution is -2.31. The number of rotatable bonds is 5. The standard InChI is InChI=1S/C16H18O5/c1-20-13-8-7-10(9-14(13)21-2)15(17)11-5-3-4-6-12(11)16(18)19/h3-4,7-9,11-12H,5-6H2,1-2H3,(H,18,19)/t11-,12-/m0/s1. The molecule has 0 unspecified atom stereocenters. The molecule has 0 aromatic heterocycles. The Labute approximate surface area is 123 Å². The molecule has 0 spiro atoms. The third-order valence-electron chi connectivity index (χ3n) is 3.75. The molecule has 2 rings (SSSR count). The highest BCUT2D eigenvalue weighted by molar-refractivity contribution is 6.00. The number of hydrogen-bond donors (Lipinski definition) is 1. The number of ether oxygens (including phenoxy) is 2. The van der Waals surface area contributed by atoms with E-state index in [4.69, 9.17) is 9.47 Å². The maximum atomic E-state index is 12.6. The van der Waals surface area contributed by atoms with Crippen LogP contribution >= 0.6 is 0 Å². The average Bonchev–Trinajstić information content (AvgIpc) is 2.53. The molecule has 0 amide bonds. The predicted octanol–water partition coefficient (Wildman–Crippen LogP) is 2.55. The fourth-order valence-corrected chi connectivity index (χ4v) is 2.58. The van der Waals surface area contributed by atoms with Gasteiger partial charge in [-0.05, 0) is 31.0 Å². The molecule has 0 heterocycles. The van der Waals surface area contributed by atoms with E-state index in [1.807, 2.05) is 12.2 Å². The van der Waals surface area contributed by atoms with E-state index in [2.05, 4.69) is 0 Å². The molecular formula is C16H18O5. The van der Waals surface area contributed by atoms with Crippen molar-refractivity contribution in [2.75, 3.05) is 14.2 Å². The number of benzene rings is 1. The molecule has 1 aromatic carbocycles. The van der Waals surface area contributed by atoms with Gasteiger partial charge in [0.2, 0.25) is 0 Å². The number of carbonyl (C=O) groups is 2. The lowest BCUT2D eigenvalue weighted by Gasteiger charge is -2.24. The van der Waals surface area contributed by atoms with E-state index in [0.717, 1.165) is 0 Å². The zero-order valence-corrected chi connectivity index (χ0v) is 12.0. The number of carboxylic acids is 1. The summed E-state index contributed by atoms with van der Waals surface area (Å²) in [4.78, 5) is 23.9. The Balaban J connectivity index is 2.30. The first-order chi connectivity index (χ1) is 10.1. The molecule has 1 aromatic rings. The van der Waals surface area contributed by atoms with Crippen LogP contribution in [0.3, 0.4) is 0 Å². The average molecular weight is 290 g/mol. The summed E-state index contributed by atoms with van der Waals surface area (Å²) in [6.45, 7) is 0. The van der Waals surface area contributed by atoms with Crippen molar-refractivity contribution in [3.8, 4) is 11.5 Å². The topological polar surface area (TPSA) is 72.8 Å². The van der Waals surface area contributed by atoms with Crippen LogP contribution in [0.2, 0.25) is 0 Å². The summed E-state index contributed by atoms with van der Waals surface area (Å²) in [5, 5.41) is 9.26. The molecule has 0 aliphatic heterocycles. The lowest BCUT2D eigenvalue weighted by atomic mass is 9.78. The Morgan fingerprint density at radius 1 is 1.05 bits per heavy atom. The van der Waals surface area contributed by atoms with Crippen LogP contribution < -0.4 is 9.47 Å². The first kappa shape index (κ1) is 15.1. The molecule has 21 heavy (non-hydrogen) atoms. The molecule has 1 aliphatic carbocycles. The molecule has 0 radical (unpaired) electrons. The van der Waals surface area contributed by atoms with Crippen LogP contribution in [-0.4, -0.2) is 31.1 Å². The second-order valence-corrected chi connectivity index (χ2v) is 4.93. The van der Waals surface area contributed by atoms with Crippen LogP contribution in [-0.2, 0) is 4.79 Å². The molecule has 0 fully saturated rings. The van der Waals surface area contributed by atoms with Crippen LogP contribution in [0, 0.1) is 11.8 Å². The van der Waals surface area contributed by atoms with Gasteiger partial charge >= 0.3 is 5.97 Å². The van der Waals surface area contributed by atoms with Crippen LogP contribution in [0.4, 0.5) is 0 Å². The van der Waals surface area contributed by atoms with E-state index in [0.29, 0.717) is 29.9 Å². The van der Waals surface area contributed by atoms with Crippen molar-refractivity contribution in [2.24, 2.45) is 11.8 Å². The smallest absolute Gasteiger partial charge is 0.307 e. The van der Waals surface area contributed by atoms with Gasteiger partial charge < -0.3 is 14.6 Å². The second-order valence-electron chi connectivity index (χ2n) is 4.93. The van der Waals surface area contributed by atoms with Crippen molar-refractivity contribution >= 4 is 11.8 Å². The van der Waals surface area contributed by atoms with Crippen molar-refractivity contribution in [1.82, 2.24) is 0 Å². The molecule has 5 heteroatoms. The van der Waals surface area contributed by atoms with Gasteiger partial charge in [-0.3, -0.25) is 9.59 Å². The summed E-state index contributed by atoms with van der Waals surface area (Å²) in [5.74, 6) is -1.32. The Hall–Kier alpha value is -2.30. The Morgan fingerprint density at radius 2 is 1.67 bits per heavy atom. The third-order valence-corrected chi connectivity index (χ3v) is 3.75. The Kier molecular flexibility index (Phi) is 4.62. The Morgan fingerprint density at radius 3 is 2.24 bits per heavy atom. The van der Waals surface area contributed by atoms with Crippen LogP contribution in [0.5, 0.6) is 11.5 Å². The fraction of sp³-hybridized carbons (Fsp3) is 0.375. The summed E-state index contributed by atoms with van der Waals surface area (Å²) in [6, 6.07) is 4.89. The number of allylic oxidation sites excluding steroid dienone is 2. The van der Waals surface area contributed by atoms with Gasteiger partial charge in [0.15, 0.2) is 17.3 Å². The number of carboxylic acid groups (broad SMARTS) is 1. The zero-order valence-electron chi connectivity index (χ0n) is 12.0. The normalized spacial score (nSPS) is 20.9. The molecule has 0 saturated heterocycles. The van der Waals surface area contributed by atoms with Crippen LogP contribution in [0.1, 0.15) is 23.2 Å². The first-order valence-electron chi connectivity index (χ1n) is 6.72. The highest BCUT2D eigenvalue weighted by Crippen LogP contribution is 2.32. The summed E-state index contributed by atoms with van der Waals surface area (Å²) in [6.07, 6.45) is 4.52. The number of ketones is 1. The number of Topliss-reactive ketones (excluding diaryl/α,β-unsaturated/α-hetero) is 1. The van der Waals surface area contributed by atoms with Gasteiger partial charge in [-0.1, -0.05) is 12.2 Å². The molecule has 1 N–H and O–H groups in total. The van der Waals surface area contributed by atoms with Crippen molar-refractivity contribution in [2.45, 2.75) is 12.8 Å². The van der Waals surface area contributed by atoms with Gasteiger partial charge in [0.05, 0.1) is 20.1 Å². The van der Waals surface area contributed by atoms with Gasteiger partial charge in [0.1, 0.15) is 0 Å². The number of hydrogen-bond acceptors (Lipinski definition) is 4. The van der Waals surface area contributed by atoms with Crippen molar-refractivity contribution in [3.05, 3.63) is 35.9 Å². The Bertz CT molecular complexity index is 576. The van der Waals surface area contributed by atoms with Gasteiger partial charge in [-0.25, -0.2) is 0 Å². The van der Waals surface area contributed by atoms with Crippen molar-refractivity contribution in [1.29, 1.82) is 0 Å². The lowest BCUT2D eigenvalue weighted by molar-refractivity contribution is -0.143. The molecule has 0 saturated carbocycles. The van der Waals surface area contributed by atoms with E-state index < -0.39 is 17.8 Å². The van der Waals surface area contributed by atoms with Gasteiger partial charge in [-0.2, -0.15) is 0 Å². The number of aliphatic carboxylic acids is 1. The molecule has 2 atom stereocenters. The van der Waals surface area contributed by atoms with E-state index in [1.54, 1.807) is 18.2 Å². The highest BCUT2D eigenvalue weighted by Gasteiger charge is 2.34. The van der Waals surface area contributed by atoms with E-state index >= 15 is 0 Å². The van der Waals surface area contributed by atoms with Crippen LogP contribution in [0.25, 0.3) is 0 Å². The van der Waals surface area contributed by atoms with Gasteiger partial charge in [0, 0.05) is 11.5 Å². The monoisotopic (exact) mass is 290 g/mol. The third kappa shape index (κ3) is 3.07. The van der Waals surface area contributed by atoms with E-state index in [1.165, 1.54) is 14.2 Å². The summed E-state index contributed by atoms with van der Waals surface area (Å²) >= 11 is 0. The minimum absolute atomic E-state index is 0.173. The molecule has 1 aliphatic rings. The zero-order chi connectivity index (χ0) is 15.4. The van der Waals surface area contributed by atoms with E-state index in [-0.39, 0.29) is 5.78 Å². The SMILES string of the molecule is COc1ccc(C(=O)[C@H]2CC=CC[C@@H]2C(=O)O)cc1OC. The highest BCUT2D eigenvalue weighted by atomic mass is 16.5. The summed E-state index contributed by atoms with van der Waals surface area (Å²) < 4.78 is 10.3. The van der Waals surface area contributed by atoms with Gasteiger partial charge in [-0.15, -0.1) is 0 Å². The largest absolute Gasteiger partial charge is 0.493 e. The van der Waals surface area contributed by atoms with Gasteiger partial charge in [0.25, 0.3) is 0 Å². The maximum absolute atomic E-state index is 12.6. The van der Waals surface area contributed by atoms with Crippen molar-refractivity contribution in [3.63, 3.8) is 0 Å². The van der Waals surface area contributed by atoms with E-state index in [9.17, 15) is 14.7 Å². The number of carbonyl (C=O) groups excluding carboxylic acids is 1. The fourth-order valence-electron chi connectivity index (χ4n) is 2.58. The summed E-state index contributed by atoms with van der Waals surface area (Å²) in [7, 11) is 3.02. The quantitative estimate of drug-likeness (QED) is 0.666. The predicted molar refractivity (Wildman–Crippen MR) is 76.9 cm³/mol. The molecule has 0 bridgehead atoms. The molecule has 112 valence electrons. The molecular weight excluding hydrogens is 272 g/mol. The second kappa shape index (κ2) is 6.43.